The summed E-state index contributed by atoms with van der Waals surface area (Å²) in [7, 11) is 6.04. The van der Waals surface area contributed by atoms with Gasteiger partial charge in [0.25, 0.3) is 11.5 Å². The summed E-state index contributed by atoms with van der Waals surface area (Å²) in [6.07, 6.45) is 0. The Morgan fingerprint density at radius 1 is 0.794 bits per heavy atom. The first-order chi connectivity index (χ1) is 16.5. The maximum atomic E-state index is 13.4. The standard InChI is InChI=1S/C25H23N3O6/c1-31-15-10-12-21(33-3)19(13-15)26-24(29)23-17-7-5-6-8-18(17)25(30)28(27-23)20-11-9-16(32-2)14-22(20)34-4/h5-14H,1-4H3,(H,26,29). The van der Waals surface area contributed by atoms with E-state index in [1.807, 2.05) is 0 Å². The van der Waals surface area contributed by atoms with Crippen LogP contribution in [0.25, 0.3) is 16.5 Å². The number of carbonyl (C=O) groups excluding carboxylic acids is 1. The number of benzene rings is 3. The van der Waals surface area contributed by atoms with Crippen molar-refractivity contribution in [2.45, 2.75) is 0 Å². The lowest BCUT2D eigenvalue weighted by Crippen LogP contribution is -2.27. The monoisotopic (exact) mass is 461 g/mol. The van der Waals surface area contributed by atoms with Crippen molar-refractivity contribution in [2.75, 3.05) is 33.8 Å². The average Bonchev–Trinajstić information content (AvgIpc) is 2.88. The number of nitrogens with zero attached hydrogens (tertiary/aromatic N) is 2. The molecule has 0 saturated carbocycles. The number of aromatic nitrogens is 2. The van der Waals surface area contributed by atoms with E-state index >= 15 is 0 Å². The second kappa shape index (κ2) is 9.53. The van der Waals surface area contributed by atoms with Gasteiger partial charge in [0, 0.05) is 17.5 Å². The number of hydrogen-bond acceptors (Lipinski definition) is 7. The fourth-order valence-corrected chi connectivity index (χ4v) is 3.57. The van der Waals surface area contributed by atoms with Gasteiger partial charge in [0.05, 0.1) is 39.5 Å². The smallest absolute Gasteiger partial charge is 0.279 e. The third-order valence-corrected chi connectivity index (χ3v) is 5.29. The summed E-state index contributed by atoms with van der Waals surface area (Å²) in [5, 5.41) is 7.99. The van der Waals surface area contributed by atoms with Crippen LogP contribution in [0.15, 0.2) is 65.5 Å². The molecule has 0 radical (unpaired) electrons. The highest BCUT2D eigenvalue weighted by atomic mass is 16.5. The lowest BCUT2D eigenvalue weighted by molar-refractivity contribution is 0.102. The minimum absolute atomic E-state index is 0.0537. The van der Waals surface area contributed by atoms with E-state index < -0.39 is 11.5 Å². The SMILES string of the molecule is COc1ccc(OC)c(NC(=O)c2nn(-c3ccc(OC)cc3OC)c(=O)c3ccccc23)c1. The highest BCUT2D eigenvalue weighted by Crippen LogP contribution is 2.30. The zero-order chi connectivity index (χ0) is 24.2. The third-order valence-electron chi connectivity index (χ3n) is 5.29. The Balaban J connectivity index is 1.89. The van der Waals surface area contributed by atoms with Crippen LogP contribution in [-0.2, 0) is 0 Å². The molecule has 1 N–H and O–H groups in total. The van der Waals surface area contributed by atoms with Crippen LogP contribution in [-0.4, -0.2) is 44.1 Å². The molecule has 0 atom stereocenters. The molecule has 0 aliphatic heterocycles. The van der Waals surface area contributed by atoms with Gasteiger partial charge in [-0.2, -0.15) is 9.78 Å². The topological polar surface area (TPSA) is 101 Å². The lowest BCUT2D eigenvalue weighted by atomic mass is 10.1. The molecule has 9 nitrogen and oxygen atoms in total. The molecule has 4 aromatic rings. The predicted molar refractivity (Wildman–Crippen MR) is 128 cm³/mol. The molecular weight excluding hydrogens is 438 g/mol. The fraction of sp³-hybridized carbons (Fsp3) is 0.160. The van der Waals surface area contributed by atoms with Gasteiger partial charge in [-0.15, -0.1) is 0 Å². The van der Waals surface area contributed by atoms with Crippen molar-refractivity contribution in [3.63, 3.8) is 0 Å². The minimum Gasteiger partial charge on any atom is -0.497 e. The predicted octanol–water partition coefficient (Wildman–Crippen LogP) is 3.67. The van der Waals surface area contributed by atoms with Gasteiger partial charge in [-0.25, -0.2) is 0 Å². The first kappa shape index (κ1) is 22.7. The summed E-state index contributed by atoms with van der Waals surface area (Å²) >= 11 is 0. The van der Waals surface area contributed by atoms with Crippen LogP contribution in [0.3, 0.4) is 0 Å². The molecule has 9 heteroatoms. The van der Waals surface area contributed by atoms with E-state index in [1.165, 1.54) is 28.4 Å². The van der Waals surface area contributed by atoms with Crippen molar-refractivity contribution < 1.29 is 23.7 Å². The molecule has 0 saturated heterocycles. The van der Waals surface area contributed by atoms with Gasteiger partial charge in [0.15, 0.2) is 5.69 Å². The molecule has 174 valence electrons. The zero-order valence-electron chi connectivity index (χ0n) is 19.1. The van der Waals surface area contributed by atoms with Crippen molar-refractivity contribution >= 4 is 22.4 Å². The van der Waals surface area contributed by atoms with E-state index in [9.17, 15) is 9.59 Å². The normalized spacial score (nSPS) is 10.6. The Morgan fingerprint density at radius 3 is 2.12 bits per heavy atom. The zero-order valence-corrected chi connectivity index (χ0v) is 19.1. The van der Waals surface area contributed by atoms with E-state index in [2.05, 4.69) is 10.4 Å². The summed E-state index contributed by atoms with van der Waals surface area (Å²) < 4.78 is 22.5. The molecule has 34 heavy (non-hydrogen) atoms. The molecule has 0 bridgehead atoms. The van der Waals surface area contributed by atoms with Gasteiger partial charge < -0.3 is 24.3 Å². The summed E-state index contributed by atoms with van der Waals surface area (Å²) in [5.41, 5.74) is 0.428. The van der Waals surface area contributed by atoms with Crippen LogP contribution >= 0.6 is 0 Å². The lowest BCUT2D eigenvalue weighted by Gasteiger charge is -2.15. The average molecular weight is 461 g/mol. The van der Waals surface area contributed by atoms with Gasteiger partial charge in [-0.05, 0) is 30.3 Å². The van der Waals surface area contributed by atoms with Crippen LogP contribution in [0.4, 0.5) is 5.69 Å². The molecule has 3 aromatic carbocycles. The van der Waals surface area contributed by atoms with Gasteiger partial charge in [-0.1, -0.05) is 18.2 Å². The highest BCUT2D eigenvalue weighted by molar-refractivity contribution is 6.11. The van der Waals surface area contributed by atoms with Crippen molar-refractivity contribution in [2.24, 2.45) is 0 Å². The number of nitrogens with one attached hydrogen (secondary N) is 1. The Bertz CT molecular complexity index is 1430. The van der Waals surface area contributed by atoms with Crippen LogP contribution in [0, 0.1) is 0 Å². The third kappa shape index (κ3) is 4.11. The summed E-state index contributed by atoms with van der Waals surface area (Å²) in [5.74, 6) is 1.39. The minimum atomic E-state index is -0.524. The van der Waals surface area contributed by atoms with Gasteiger partial charge in [0.1, 0.15) is 28.7 Å². The van der Waals surface area contributed by atoms with Crippen molar-refractivity contribution in [1.82, 2.24) is 9.78 Å². The Morgan fingerprint density at radius 2 is 1.44 bits per heavy atom. The van der Waals surface area contributed by atoms with Gasteiger partial charge in [-0.3, -0.25) is 9.59 Å². The molecule has 0 spiro atoms. The number of fused-ring (bicyclic) bond motifs is 1. The van der Waals surface area contributed by atoms with Crippen LogP contribution in [0.1, 0.15) is 10.5 Å². The number of methoxy groups -OCH3 is 4. The first-order valence-electron chi connectivity index (χ1n) is 10.3. The van der Waals surface area contributed by atoms with E-state index in [0.29, 0.717) is 45.1 Å². The molecule has 0 aliphatic carbocycles. The molecule has 0 unspecified atom stereocenters. The highest BCUT2D eigenvalue weighted by Gasteiger charge is 2.20. The Hall–Kier alpha value is -4.53. The number of hydrogen-bond donors (Lipinski definition) is 1. The van der Waals surface area contributed by atoms with E-state index in [0.717, 1.165) is 4.68 Å². The van der Waals surface area contributed by atoms with Crippen LogP contribution < -0.4 is 29.8 Å². The summed E-state index contributed by atoms with van der Waals surface area (Å²) in [4.78, 5) is 26.7. The number of amides is 1. The quantitative estimate of drug-likeness (QED) is 0.448. The van der Waals surface area contributed by atoms with Crippen LogP contribution in [0.5, 0.6) is 23.0 Å². The molecule has 1 aromatic heterocycles. The maximum absolute atomic E-state index is 13.4. The molecule has 1 heterocycles. The fourth-order valence-electron chi connectivity index (χ4n) is 3.57. The molecule has 4 rings (SSSR count). The summed E-state index contributed by atoms with van der Waals surface area (Å²) in [6.45, 7) is 0. The molecule has 1 amide bonds. The first-order valence-corrected chi connectivity index (χ1v) is 10.3. The largest absolute Gasteiger partial charge is 0.497 e. The number of ether oxygens (including phenoxy) is 4. The van der Waals surface area contributed by atoms with Crippen molar-refractivity contribution in [1.29, 1.82) is 0 Å². The molecule has 0 aliphatic rings. The Labute approximate surface area is 195 Å². The Kier molecular flexibility index (Phi) is 6.35. The van der Waals surface area contributed by atoms with Crippen molar-refractivity contribution in [3.8, 4) is 28.7 Å². The van der Waals surface area contributed by atoms with Crippen LogP contribution in [0.2, 0.25) is 0 Å². The van der Waals surface area contributed by atoms with E-state index in [-0.39, 0.29) is 5.69 Å². The number of rotatable bonds is 7. The molecular formula is C25H23N3O6. The van der Waals surface area contributed by atoms with E-state index in [1.54, 1.807) is 60.7 Å². The van der Waals surface area contributed by atoms with E-state index in [4.69, 9.17) is 18.9 Å². The van der Waals surface area contributed by atoms with Gasteiger partial charge in [0.2, 0.25) is 0 Å². The number of carbonyl (C=O) groups is 1. The number of anilines is 1. The van der Waals surface area contributed by atoms with Gasteiger partial charge >= 0.3 is 0 Å². The maximum Gasteiger partial charge on any atom is 0.279 e. The molecule has 0 fully saturated rings. The summed E-state index contributed by atoms with van der Waals surface area (Å²) in [6, 6.07) is 16.8. The second-order valence-electron chi connectivity index (χ2n) is 7.17. The second-order valence-corrected chi connectivity index (χ2v) is 7.17. The van der Waals surface area contributed by atoms with Crippen molar-refractivity contribution in [3.05, 3.63) is 76.7 Å².